The van der Waals surface area contributed by atoms with Gasteiger partial charge in [0.1, 0.15) is 0 Å². The predicted molar refractivity (Wildman–Crippen MR) is 109 cm³/mol. The highest BCUT2D eigenvalue weighted by atomic mass is 16.3. The number of carbonyl (C=O) groups excluding carboxylic acids is 1. The second kappa shape index (κ2) is 20.7. The van der Waals surface area contributed by atoms with Crippen molar-refractivity contribution in [2.75, 3.05) is 13.2 Å². The number of amides is 1. The van der Waals surface area contributed by atoms with Gasteiger partial charge in [-0.3, -0.25) is 4.79 Å². The Labute approximate surface area is 155 Å². The van der Waals surface area contributed by atoms with E-state index in [9.17, 15) is 4.79 Å². The Bertz CT molecular complexity index is 372. The van der Waals surface area contributed by atoms with E-state index in [-0.39, 0.29) is 12.5 Å². The molecule has 0 aromatic rings. The van der Waals surface area contributed by atoms with E-state index >= 15 is 0 Å². The molecule has 0 bridgehead atoms. The molecule has 3 nitrogen and oxygen atoms in total. The van der Waals surface area contributed by atoms with Crippen LogP contribution < -0.4 is 5.32 Å². The first-order valence-corrected chi connectivity index (χ1v) is 10.2. The average molecular weight is 350 g/mol. The van der Waals surface area contributed by atoms with Crippen LogP contribution in [-0.2, 0) is 4.79 Å². The number of unbranched alkanes of at least 4 members (excludes halogenated alkanes) is 11. The first kappa shape index (κ1) is 23.6. The molecule has 3 heteroatoms. The average Bonchev–Trinajstić information content (AvgIpc) is 2.62. The van der Waals surface area contributed by atoms with Gasteiger partial charge in [0.2, 0.25) is 5.91 Å². The Hall–Kier alpha value is -1.35. The SMILES string of the molecule is CCCCCCCCCCCCCC=CC=CC=CC(=O)NCCO. The van der Waals surface area contributed by atoms with Crippen molar-refractivity contribution in [1.29, 1.82) is 0 Å². The van der Waals surface area contributed by atoms with E-state index in [1.54, 1.807) is 6.08 Å². The van der Waals surface area contributed by atoms with Crippen molar-refractivity contribution in [3.63, 3.8) is 0 Å². The highest BCUT2D eigenvalue weighted by molar-refractivity contribution is 5.87. The van der Waals surface area contributed by atoms with Crippen molar-refractivity contribution in [2.24, 2.45) is 0 Å². The smallest absolute Gasteiger partial charge is 0.244 e. The summed E-state index contributed by atoms with van der Waals surface area (Å²) in [6, 6.07) is 0. The van der Waals surface area contributed by atoms with Crippen molar-refractivity contribution >= 4 is 5.91 Å². The number of carbonyl (C=O) groups is 1. The Morgan fingerprint density at radius 3 is 1.96 bits per heavy atom. The lowest BCUT2D eigenvalue weighted by Gasteiger charge is -2.01. The van der Waals surface area contributed by atoms with Gasteiger partial charge in [-0.2, -0.15) is 0 Å². The predicted octanol–water partition coefficient (Wildman–Crippen LogP) is 5.46. The molecule has 0 saturated heterocycles. The van der Waals surface area contributed by atoms with E-state index in [4.69, 9.17) is 5.11 Å². The molecule has 0 aromatic heterocycles. The molecule has 0 aliphatic carbocycles. The molecule has 0 saturated carbocycles. The third-order valence-electron chi connectivity index (χ3n) is 4.10. The van der Waals surface area contributed by atoms with Gasteiger partial charge in [0, 0.05) is 12.6 Å². The molecule has 0 radical (unpaired) electrons. The van der Waals surface area contributed by atoms with Crippen molar-refractivity contribution < 1.29 is 9.90 Å². The highest BCUT2D eigenvalue weighted by Crippen LogP contribution is 2.11. The van der Waals surface area contributed by atoms with Crippen LogP contribution in [0, 0.1) is 0 Å². The van der Waals surface area contributed by atoms with Crippen LogP contribution in [0.15, 0.2) is 36.5 Å². The molecule has 144 valence electrons. The molecule has 0 aliphatic rings. The largest absolute Gasteiger partial charge is 0.395 e. The standard InChI is InChI=1S/C22H39NO2/c1-2-3-4-5-6-7-8-9-10-11-12-13-14-15-16-17-18-19-22(25)23-20-21-24/h14-19,24H,2-13,20-21H2,1H3,(H,23,25). The molecular weight excluding hydrogens is 310 g/mol. The molecule has 0 rings (SSSR count). The number of allylic oxidation sites excluding steroid dienone is 5. The van der Waals surface area contributed by atoms with Crippen LogP contribution in [0.4, 0.5) is 0 Å². The van der Waals surface area contributed by atoms with E-state index in [2.05, 4.69) is 18.3 Å². The van der Waals surface area contributed by atoms with Crippen LogP contribution in [0.25, 0.3) is 0 Å². The molecule has 2 N–H and O–H groups in total. The fraction of sp³-hybridized carbons (Fsp3) is 0.682. The Kier molecular flexibility index (Phi) is 19.6. The maximum atomic E-state index is 11.2. The van der Waals surface area contributed by atoms with E-state index in [0.717, 1.165) is 6.42 Å². The fourth-order valence-corrected chi connectivity index (χ4v) is 2.61. The molecule has 0 atom stereocenters. The molecule has 0 unspecified atom stereocenters. The number of hydrogen-bond acceptors (Lipinski definition) is 2. The summed E-state index contributed by atoms with van der Waals surface area (Å²) in [5.41, 5.74) is 0. The molecule has 0 heterocycles. The summed E-state index contributed by atoms with van der Waals surface area (Å²) in [6.07, 6.45) is 27.5. The number of aliphatic hydroxyl groups excluding tert-OH is 1. The van der Waals surface area contributed by atoms with Gasteiger partial charge in [-0.15, -0.1) is 0 Å². The monoisotopic (exact) mass is 349 g/mol. The normalized spacial score (nSPS) is 11.9. The van der Waals surface area contributed by atoms with Crippen LogP contribution >= 0.6 is 0 Å². The third kappa shape index (κ3) is 20.6. The summed E-state index contributed by atoms with van der Waals surface area (Å²) in [5, 5.41) is 11.1. The van der Waals surface area contributed by atoms with Gasteiger partial charge < -0.3 is 10.4 Å². The van der Waals surface area contributed by atoms with E-state index in [0.29, 0.717) is 6.54 Å². The number of hydrogen-bond donors (Lipinski definition) is 2. The van der Waals surface area contributed by atoms with Gasteiger partial charge in [-0.25, -0.2) is 0 Å². The first-order chi connectivity index (χ1) is 12.3. The molecule has 0 fully saturated rings. The lowest BCUT2D eigenvalue weighted by molar-refractivity contribution is -0.116. The molecule has 0 spiro atoms. The zero-order valence-electron chi connectivity index (χ0n) is 16.2. The summed E-state index contributed by atoms with van der Waals surface area (Å²) < 4.78 is 0. The summed E-state index contributed by atoms with van der Waals surface area (Å²) >= 11 is 0. The Morgan fingerprint density at radius 1 is 0.800 bits per heavy atom. The quantitative estimate of drug-likeness (QED) is 0.208. The number of aliphatic hydroxyl groups is 1. The van der Waals surface area contributed by atoms with Crippen LogP contribution in [0.5, 0.6) is 0 Å². The number of nitrogens with one attached hydrogen (secondary N) is 1. The third-order valence-corrected chi connectivity index (χ3v) is 4.10. The highest BCUT2D eigenvalue weighted by Gasteiger charge is 1.92. The minimum Gasteiger partial charge on any atom is -0.395 e. The van der Waals surface area contributed by atoms with Gasteiger partial charge in [0.25, 0.3) is 0 Å². The van der Waals surface area contributed by atoms with E-state index < -0.39 is 0 Å². The molecular formula is C22H39NO2. The second-order valence-corrected chi connectivity index (χ2v) is 6.51. The zero-order chi connectivity index (χ0) is 18.4. The van der Waals surface area contributed by atoms with Crippen LogP contribution in [0.3, 0.4) is 0 Å². The minimum atomic E-state index is -0.177. The fourth-order valence-electron chi connectivity index (χ4n) is 2.61. The number of rotatable bonds is 17. The maximum absolute atomic E-state index is 11.2. The zero-order valence-corrected chi connectivity index (χ0v) is 16.2. The Morgan fingerprint density at radius 2 is 1.36 bits per heavy atom. The summed E-state index contributed by atoms with van der Waals surface area (Å²) in [4.78, 5) is 11.2. The van der Waals surface area contributed by atoms with Crippen LogP contribution in [0.2, 0.25) is 0 Å². The summed E-state index contributed by atoms with van der Waals surface area (Å²) in [5.74, 6) is -0.177. The van der Waals surface area contributed by atoms with Gasteiger partial charge in [0.15, 0.2) is 0 Å². The first-order valence-electron chi connectivity index (χ1n) is 10.2. The van der Waals surface area contributed by atoms with Crippen molar-refractivity contribution in [2.45, 2.75) is 84.0 Å². The molecule has 1 amide bonds. The van der Waals surface area contributed by atoms with Gasteiger partial charge in [-0.1, -0.05) is 102 Å². The summed E-state index contributed by atoms with van der Waals surface area (Å²) in [7, 11) is 0. The van der Waals surface area contributed by atoms with Crippen LogP contribution in [-0.4, -0.2) is 24.2 Å². The summed E-state index contributed by atoms with van der Waals surface area (Å²) in [6.45, 7) is 2.54. The maximum Gasteiger partial charge on any atom is 0.244 e. The van der Waals surface area contributed by atoms with Crippen molar-refractivity contribution in [3.8, 4) is 0 Å². The molecule has 25 heavy (non-hydrogen) atoms. The van der Waals surface area contributed by atoms with Crippen molar-refractivity contribution in [1.82, 2.24) is 5.32 Å². The van der Waals surface area contributed by atoms with Gasteiger partial charge in [-0.05, 0) is 12.8 Å². The lowest BCUT2D eigenvalue weighted by Crippen LogP contribution is -2.24. The van der Waals surface area contributed by atoms with E-state index in [1.807, 2.05) is 18.2 Å². The molecule has 0 aromatic carbocycles. The van der Waals surface area contributed by atoms with Crippen LogP contribution in [0.1, 0.15) is 84.0 Å². The lowest BCUT2D eigenvalue weighted by atomic mass is 10.1. The van der Waals surface area contributed by atoms with E-state index in [1.165, 1.54) is 76.7 Å². The molecule has 0 aliphatic heterocycles. The Balaban J connectivity index is 3.33. The van der Waals surface area contributed by atoms with Gasteiger partial charge >= 0.3 is 0 Å². The minimum absolute atomic E-state index is 0.0306. The van der Waals surface area contributed by atoms with Crippen molar-refractivity contribution in [3.05, 3.63) is 36.5 Å². The topological polar surface area (TPSA) is 49.3 Å². The van der Waals surface area contributed by atoms with Gasteiger partial charge in [0.05, 0.1) is 6.61 Å². The second-order valence-electron chi connectivity index (χ2n) is 6.51.